The van der Waals surface area contributed by atoms with E-state index in [4.69, 9.17) is 9.47 Å². The molecule has 3 aromatic rings. The Morgan fingerprint density at radius 1 is 0.806 bits per heavy atom. The standard InChI is InChI=1S/C28H26N4O4/c1-31-10-12-32(13-11-31)21-6-4-20(5-7-21)29-16-24-23-14-18(2-8-22(23)27(33)30-28(24)34)19-3-9-25-26(15-19)36-17-35-25/h2-9,14-16,29H,10-13,17H2,1H3,(H,30,33,34). The Hall–Kier alpha value is -4.30. The molecule has 2 N–H and O–H groups in total. The van der Waals surface area contributed by atoms with Crippen LogP contribution in [0.15, 0.2) is 66.9 Å². The van der Waals surface area contributed by atoms with Crippen LogP contribution >= 0.6 is 0 Å². The van der Waals surface area contributed by atoms with E-state index in [1.54, 1.807) is 12.3 Å². The number of likely N-dealkylation sites (N-methyl/N-ethyl adjacent to an activating group) is 1. The highest BCUT2D eigenvalue weighted by Crippen LogP contribution is 2.37. The van der Waals surface area contributed by atoms with Crippen molar-refractivity contribution in [1.82, 2.24) is 10.2 Å². The second-order valence-electron chi connectivity index (χ2n) is 9.15. The van der Waals surface area contributed by atoms with Gasteiger partial charge in [-0.25, -0.2) is 0 Å². The van der Waals surface area contributed by atoms with Crippen molar-refractivity contribution >= 4 is 28.8 Å². The molecule has 0 radical (unpaired) electrons. The SMILES string of the molecule is CN1CCN(c2ccc(NC=C3C(=O)NC(=O)c4ccc(-c5ccc6c(c5)OCO6)cc43)cc2)CC1. The van der Waals surface area contributed by atoms with Crippen molar-refractivity contribution in [3.8, 4) is 22.6 Å². The summed E-state index contributed by atoms with van der Waals surface area (Å²) in [6.07, 6.45) is 1.66. The van der Waals surface area contributed by atoms with Gasteiger partial charge < -0.3 is 24.6 Å². The van der Waals surface area contributed by atoms with Crippen LogP contribution in [0.1, 0.15) is 15.9 Å². The lowest BCUT2D eigenvalue weighted by Crippen LogP contribution is -2.44. The van der Waals surface area contributed by atoms with E-state index in [-0.39, 0.29) is 6.79 Å². The van der Waals surface area contributed by atoms with Gasteiger partial charge in [0.15, 0.2) is 11.5 Å². The van der Waals surface area contributed by atoms with Crippen molar-refractivity contribution < 1.29 is 19.1 Å². The van der Waals surface area contributed by atoms with Crippen LogP contribution < -0.4 is 25.0 Å². The average Bonchev–Trinajstić information content (AvgIpc) is 3.37. The quantitative estimate of drug-likeness (QED) is 0.435. The van der Waals surface area contributed by atoms with Crippen molar-refractivity contribution in [2.45, 2.75) is 0 Å². The third-order valence-electron chi connectivity index (χ3n) is 6.85. The Bertz CT molecular complexity index is 1370. The molecule has 8 nitrogen and oxygen atoms in total. The molecule has 36 heavy (non-hydrogen) atoms. The Balaban J connectivity index is 1.27. The van der Waals surface area contributed by atoms with Crippen molar-refractivity contribution in [1.29, 1.82) is 0 Å². The summed E-state index contributed by atoms with van der Waals surface area (Å²) in [5.41, 5.74) is 5.26. The summed E-state index contributed by atoms with van der Waals surface area (Å²) in [6.45, 7) is 4.31. The van der Waals surface area contributed by atoms with E-state index in [2.05, 4.69) is 39.6 Å². The molecule has 6 rings (SSSR count). The van der Waals surface area contributed by atoms with Gasteiger partial charge in [0.05, 0.1) is 5.57 Å². The number of hydrogen-bond acceptors (Lipinski definition) is 7. The zero-order valence-electron chi connectivity index (χ0n) is 19.9. The Kier molecular flexibility index (Phi) is 5.58. The molecule has 3 aliphatic heterocycles. The molecule has 0 unspecified atom stereocenters. The minimum absolute atomic E-state index is 0.201. The third kappa shape index (κ3) is 4.16. The highest BCUT2D eigenvalue weighted by molar-refractivity contribution is 6.31. The molecule has 1 fully saturated rings. The maximum Gasteiger partial charge on any atom is 0.260 e. The Morgan fingerprint density at radius 3 is 2.33 bits per heavy atom. The van der Waals surface area contributed by atoms with E-state index < -0.39 is 11.8 Å². The van der Waals surface area contributed by atoms with Crippen molar-refractivity contribution in [2.24, 2.45) is 0 Å². The summed E-state index contributed by atoms with van der Waals surface area (Å²) in [5.74, 6) is 0.545. The zero-order valence-corrected chi connectivity index (χ0v) is 19.9. The van der Waals surface area contributed by atoms with Crippen LogP contribution in [0.3, 0.4) is 0 Å². The molecular weight excluding hydrogens is 456 g/mol. The topological polar surface area (TPSA) is 83.1 Å². The van der Waals surface area contributed by atoms with Gasteiger partial charge in [0.2, 0.25) is 6.79 Å². The summed E-state index contributed by atoms with van der Waals surface area (Å²) in [7, 11) is 2.14. The molecule has 182 valence electrons. The van der Waals surface area contributed by atoms with Crippen LogP contribution in [-0.2, 0) is 4.79 Å². The van der Waals surface area contributed by atoms with Gasteiger partial charge in [0, 0.05) is 54.9 Å². The number of nitrogens with zero attached hydrogens (tertiary/aromatic N) is 2. The van der Waals surface area contributed by atoms with Crippen molar-refractivity contribution in [3.63, 3.8) is 0 Å². The van der Waals surface area contributed by atoms with E-state index in [1.807, 2.05) is 42.5 Å². The molecule has 3 aromatic carbocycles. The molecule has 0 spiro atoms. The lowest BCUT2D eigenvalue weighted by molar-refractivity contribution is -0.114. The molecule has 1 saturated heterocycles. The number of hydrogen-bond donors (Lipinski definition) is 2. The molecule has 0 aromatic heterocycles. The normalized spacial score (nSPS) is 18.2. The van der Waals surface area contributed by atoms with E-state index in [9.17, 15) is 9.59 Å². The number of anilines is 2. The first-order valence-electron chi connectivity index (χ1n) is 12.0. The van der Waals surface area contributed by atoms with E-state index in [0.29, 0.717) is 28.2 Å². The first-order valence-corrected chi connectivity index (χ1v) is 12.0. The molecule has 0 atom stereocenters. The van der Waals surface area contributed by atoms with Crippen LogP contribution in [0, 0.1) is 0 Å². The van der Waals surface area contributed by atoms with Gasteiger partial charge in [-0.15, -0.1) is 0 Å². The highest BCUT2D eigenvalue weighted by Gasteiger charge is 2.28. The van der Waals surface area contributed by atoms with Gasteiger partial charge in [-0.2, -0.15) is 0 Å². The van der Waals surface area contributed by atoms with Crippen molar-refractivity contribution in [2.75, 3.05) is 50.2 Å². The van der Waals surface area contributed by atoms with E-state index >= 15 is 0 Å². The van der Waals surface area contributed by atoms with Gasteiger partial charge in [0.25, 0.3) is 11.8 Å². The fourth-order valence-electron chi connectivity index (χ4n) is 4.71. The van der Waals surface area contributed by atoms with Crippen LogP contribution in [0.2, 0.25) is 0 Å². The molecular formula is C28H26N4O4. The molecule has 3 heterocycles. The minimum atomic E-state index is -0.433. The lowest BCUT2D eigenvalue weighted by Gasteiger charge is -2.34. The number of carbonyl (C=O) groups is 2. The number of benzene rings is 3. The second kappa shape index (κ2) is 9.05. The summed E-state index contributed by atoms with van der Waals surface area (Å²) >= 11 is 0. The summed E-state index contributed by atoms with van der Waals surface area (Å²) in [6, 6.07) is 19.4. The van der Waals surface area contributed by atoms with Crippen LogP contribution in [-0.4, -0.2) is 56.7 Å². The second-order valence-corrected chi connectivity index (χ2v) is 9.15. The summed E-state index contributed by atoms with van der Waals surface area (Å²) < 4.78 is 10.9. The van der Waals surface area contributed by atoms with Gasteiger partial charge in [-0.05, 0) is 66.7 Å². The molecule has 0 bridgehead atoms. The van der Waals surface area contributed by atoms with Gasteiger partial charge in [-0.3, -0.25) is 14.9 Å². The summed E-state index contributed by atoms with van der Waals surface area (Å²) in [4.78, 5) is 30.0. The largest absolute Gasteiger partial charge is 0.454 e. The summed E-state index contributed by atoms with van der Waals surface area (Å²) in [5, 5.41) is 5.67. The number of amides is 2. The monoisotopic (exact) mass is 482 g/mol. The zero-order chi connectivity index (χ0) is 24.6. The van der Waals surface area contributed by atoms with Gasteiger partial charge >= 0.3 is 0 Å². The number of nitrogens with one attached hydrogen (secondary N) is 2. The van der Waals surface area contributed by atoms with Crippen LogP contribution in [0.5, 0.6) is 11.5 Å². The average molecular weight is 483 g/mol. The molecule has 0 saturated carbocycles. The molecule has 0 aliphatic carbocycles. The van der Waals surface area contributed by atoms with Crippen LogP contribution in [0.25, 0.3) is 16.7 Å². The number of imide groups is 1. The number of ether oxygens (including phenoxy) is 2. The van der Waals surface area contributed by atoms with E-state index in [0.717, 1.165) is 43.0 Å². The Morgan fingerprint density at radius 2 is 1.53 bits per heavy atom. The Labute approximate surface area is 209 Å². The number of fused-ring (bicyclic) bond motifs is 2. The predicted molar refractivity (Wildman–Crippen MR) is 138 cm³/mol. The lowest BCUT2D eigenvalue weighted by atomic mass is 9.91. The third-order valence-corrected chi connectivity index (χ3v) is 6.85. The molecule has 2 amide bonds. The fourth-order valence-corrected chi connectivity index (χ4v) is 4.71. The maximum absolute atomic E-state index is 12.8. The molecule has 3 aliphatic rings. The predicted octanol–water partition coefficient (Wildman–Crippen LogP) is 3.56. The number of piperazine rings is 1. The first-order chi connectivity index (χ1) is 17.5. The highest BCUT2D eigenvalue weighted by atomic mass is 16.7. The smallest absolute Gasteiger partial charge is 0.260 e. The molecule has 8 heteroatoms. The maximum atomic E-state index is 12.8. The first kappa shape index (κ1) is 22.2. The van der Waals surface area contributed by atoms with Gasteiger partial charge in [-0.1, -0.05) is 12.1 Å². The van der Waals surface area contributed by atoms with Gasteiger partial charge in [0.1, 0.15) is 0 Å². The minimum Gasteiger partial charge on any atom is -0.454 e. The van der Waals surface area contributed by atoms with Crippen molar-refractivity contribution in [3.05, 3.63) is 78.0 Å². The fraction of sp³-hybridized carbons (Fsp3) is 0.214. The number of carbonyl (C=O) groups excluding carboxylic acids is 2. The van der Waals surface area contributed by atoms with Crippen LogP contribution in [0.4, 0.5) is 11.4 Å². The van der Waals surface area contributed by atoms with E-state index in [1.165, 1.54) is 5.69 Å². The number of rotatable bonds is 4.